The first kappa shape index (κ1) is 16.9. The van der Waals surface area contributed by atoms with Crippen molar-refractivity contribution in [3.8, 4) is 28.4 Å². The Balaban J connectivity index is 2.19. The van der Waals surface area contributed by atoms with Crippen molar-refractivity contribution in [3.05, 3.63) is 59.2 Å². The molecule has 0 fully saturated rings. The van der Waals surface area contributed by atoms with Crippen LogP contribution >= 0.6 is 11.6 Å². The van der Waals surface area contributed by atoms with Crippen molar-refractivity contribution in [2.45, 2.75) is 0 Å². The van der Waals surface area contributed by atoms with E-state index < -0.39 is 0 Å². The van der Waals surface area contributed by atoms with Gasteiger partial charge >= 0.3 is 0 Å². The number of phenolic OH excluding ortho intramolecular Hbond substituents is 2. The Morgan fingerprint density at radius 1 is 1.12 bits per heavy atom. The van der Waals surface area contributed by atoms with Gasteiger partial charge in [-0.05, 0) is 24.3 Å². The van der Waals surface area contributed by atoms with E-state index >= 15 is 0 Å². The quantitative estimate of drug-likeness (QED) is 0.753. The molecule has 3 aromatic rings. The second-order valence-electron chi connectivity index (χ2n) is 5.67. The minimum absolute atomic E-state index is 0.0877. The lowest BCUT2D eigenvalue weighted by Gasteiger charge is -2.15. The van der Waals surface area contributed by atoms with Gasteiger partial charge in [0.25, 0.3) is 5.91 Å². The number of halogens is 1. The third-order valence-corrected chi connectivity index (χ3v) is 4.07. The topological polar surface area (TPSA) is 78.6 Å². The number of phenols is 2. The van der Waals surface area contributed by atoms with E-state index in [1.165, 1.54) is 11.0 Å². The number of amides is 1. The van der Waals surface area contributed by atoms with Crippen LogP contribution in [-0.4, -0.2) is 44.9 Å². The number of aromatic nitrogens is 2. The van der Waals surface area contributed by atoms with Crippen LogP contribution in [0, 0.1) is 0 Å². The SMILES string of the molecule is CN(C)C(=O)c1cc(-c2ccnn2-c2ccccc2Cl)c(O)cc1O. The van der Waals surface area contributed by atoms with E-state index in [4.69, 9.17) is 11.6 Å². The van der Waals surface area contributed by atoms with E-state index in [9.17, 15) is 15.0 Å². The normalized spacial score (nSPS) is 10.7. The fourth-order valence-electron chi connectivity index (χ4n) is 2.52. The van der Waals surface area contributed by atoms with Gasteiger partial charge in [0.15, 0.2) is 0 Å². The predicted octanol–water partition coefficient (Wildman–Crippen LogP) is 3.31. The summed E-state index contributed by atoms with van der Waals surface area (Å²) in [6, 6.07) is 11.4. The van der Waals surface area contributed by atoms with Crippen LogP contribution in [0.1, 0.15) is 10.4 Å². The van der Waals surface area contributed by atoms with Crippen LogP contribution in [0.4, 0.5) is 0 Å². The van der Waals surface area contributed by atoms with E-state index in [0.29, 0.717) is 22.0 Å². The second-order valence-corrected chi connectivity index (χ2v) is 6.07. The van der Waals surface area contributed by atoms with Gasteiger partial charge in [0.2, 0.25) is 0 Å². The van der Waals surface area contributed by atoms with Crippen molar-refractivity contribution >= 4 is 17.5 Å². The number of nitrogens with zero attached hydrogens (tertiary/aromatic N) is 3. The van der Waals surface area contributed by atoms with E-state index in [1.54, 1.807) is 49.2 Å². The molecule has 0 saturated carbocycles. The van der Waals surface area contributed by atoms with Crippen molar-refractivity contribution in [2.75, 3.05) is 14.1 Å². The smallest absolute Gasteiger partial charge is 0.257 e. The van der Waals surface area contributed by atoms with Gasteiger partial charge in [-0.3, -0.25) is 4.79 Å². The molecular formula is C18H16ClN3O3. The first-order chi connectivity index (χ1) is 11.9. The summed E-state index contributed by atoms with van der Waals surface area (Å²) in [7, 11) is 3.17. The summed E-state index contributed by atoms with van der Waals surface area (Å²) in [6.07, 6.45) is 1.57. The molecule has 0 unspecified atom stereocenters. The molecule has 3 rings (SSSR count). The van der Waals surface area contributed by atoms with Crippen LogP contribution in [0.25, 0.3) is 16.9 Å². The Bertz CT molecular complexity index is 950. The zero-order valence-corrected chi connectivity index (χ0v) is 14.4. The average Bonchev–Trinajstić information content (AvgIpc) is 3.04. The molecule has 0 radical (unpaired) electrons. The van der Waals surface area contributed by atoms with E-state index in [2.05, 4.69) is 5.10 Å². The van der Waals surface area contributed by atoms with Gasteiger partial charge in [-0.15, -0.1) is 0 Å². The maximum Gasteiger partial charge on any atom is 0.257 e. The van der Waals surface area contributed by atoms with E-state index in [0.717, 1.165) is 6.07 Å². The third-order valence-electron chi connectivity index (χ3n) is 3.75. The summed E-state index contributed by atoms with van der Waals surface area (Å²) in [6.45, 7) is 0. The molecule has 128 valence electrons. The van der Waals surface area contributed by atoms with Crippen LogP contribution in [0.15, 0.2) is 48.7 Å². The van der Waals surface area contributed by atoms with Crippen molar-refractivity contribution in [1.82, 2.24) is 14.7 Å². The second kappa shape index (κ2) is 6.49. The van der Waals surface area contributed by atoms with Crippen LogP contribution in [0.2, 0.25) is 5.02 Å². The Morgan fingerprint density at radius 2 is 1.84 bits per heavy atom. The molecule has 2 aromatic carbocycles. The molecule has 0 spiro atoms. The van der Waals surface area contributed by atoms with Gasteiger partial charge in [0.1, 0.15) is 11.5 Å². The highest BCUT2D eigenvalue weighted by molar-refractivity contribution is 6.32. The number of rotatable bonds is 3. The van der Waals surface area contributed by atoms with Crippen LogP contribution < -0.4 is 0 Å². The number of aromatic hydroxyl groups is 2. The maximum atomic E-state index is 12.2. The van der Waals surface area contributed by atoms with Crippen molar-refractivity contribution < 1.29 is 15.0 Å². The lowest BCUT2D eigenvalue weighted by atomic mass is 10.0. The summed E-state index contributed by atoms with van der Waals surface area (Å²) < 4.78 is 1.57. The van der Waals surface area contributed by atoms with E-state index in [1.807, 2.05) is 6.07 Å². The molecule has 25 heavy (non-hydrogen) atoms. The van der Waals surface area contributed by atoms with E-state index in [-0.39, 0.29) is 23.0 Å². The largest absolute Gasteiger partial charge is 0.507 e. The summed E-state index contributed by atoms with van der Waals surface area (Å²) in [5, 5.41) is 25.1. The molecule has 6 nitrogen and oxygen atoms in total. The van der Waals surface area contributed by atoms with Gasteiger partial charge in [0.05, 0.1) is 28.2 Å². The highest BCUT2D eigenvalue weighted by Crippen LogP contribution is 2.36. The zero-order chi connectivity index (χ0) is 18.1. The Hall–Kier alpha value is -2.99. The molecule has 1 amide bonds. The van der Waals surface area contributed by atoms with Crippen molar-refractivity contribution in [1.29, 1.82) is 0 Å². The van der Waals surface area contributed by atoms with Crippen molar-refractivity contribution in [2.24, 2.45) is 0 Å². The van der Waals surface area contributed by atoms with Gasteiger partial charge in [-0.1, -0.05) is 23.7 Å². The molecule has 0 bridgehead atoms. The first-order valence-corrected chi connectivity index (χ1v) is 7.85. The highest BCUT2D eigenvalue weighted by atomic mass is 35.5. The number of hydrogen-bond acceptors (Lipinski definition) is 4. The fraction of sp³-hybridized carbons (Fsp3) is 0.111. The number of para-hydroxylation sites is 1. The molecule has 0 atom stereocenters. The number of carbonyl (C=O) groups excluding carboxylic acids is 1. The Kier molecular flexibility index (Phi) is 4.37. The van der Waals surface area contributed by atoms with Gasteiger partial charge in [0, 0.05) is 25.7 Å². The molecule has 0 saturated heterocycles. The summed E-state index contributed by atoms with van der Waals surface area (Å²) >= 11 is 6.24. The Morgan fingerprint density at radius 3 is 2.52 bits per heavy atom. The minimum Gasteiger partial charge on any atom is -0.507 e. The highest BCUT2D eigenvalue weighted by Gasteiger charge is 2.20. The Labute approximate surface area is 149 Å². The molecule has 7 heteroatoms. The molecule has 0 aliphatic carbocycles. The van der Waals surface area contributed by atoms with Crippen LogP contribution in [0.5, 0.6) is 11.5 Å². The molecule has 0 aliphatic rings. The summed E-state index contributed by atoms with van der Waals surface area (Å²) in [5.41, 5.74) is 1.63. The van der Waals surface area contributed by atoms with Gasteiger partial charge in [-0.25, -0.2) is 4.68 Å². The van der Waals surface area contributed by atoms with Gasteiger partial charge < -0.3 is 15.1 Å². The standard InChI is InChI=1S/C18H16ClN3O3/c1-21(2)18(25)12-9-11(16(23)10-17(12)24)14-7-8-20-22(14)15-6-4-3-5-13(15)19/h3-10,23-24H,1-2H3. The molecule has 2 N–H and O–H groups in total. The molecular weight excluding hydrogens is 342 g/mol. The molecule has 1 aromatic heterocycles. The number of hydrogen-bond donors (Lipinski definition) is 2. The average molecular weight is 358 g/mol. The van der Waals surface area contributed by atoms with Crippen LogP contribution in [0.3, 0.4) is 0 Å². The lowest BCUT2D eigenvalue weighted by molar-refractivity contribution is 0.0824. The summed E-state index contributed by atoms with van der Waals surface area (Å²) in [4.78, 5) is 13.6. The molecule has 1 heterocycles. The van der Waals surface area contributed by atoms with Crippen molar-refractivity contribution in [3.63, 3.8) is 0 Å². The third kappa shape index (κ3) is 3.04. The summed E-state index contributed by atoms with van der Waals surface area (Å²) in [5.74, 6) is -0.826. The lowest BCUT2D eigenvalue weighted by Crippen LogP contribution is -2.21. The predicted molar refractivity (Wildman–Crippen MR) is 95.4 cm³/mol. The number of benzene rings is 2. The first-order valence-electron chi connectivity index (χ1n) is 7.47. The number of carbonyl (C=O) groups is 1. The monoisotopic (exact) mass is 357 g/mol. The minimum atomic E-state index is -0.373. The molecule has 0 aliphatic heterocycles. The zero-order valence-electron chi connectivity index (χ0n) is 13.6. The van der Waals surface area contributed by atoms with Crippen LogP contribution in [-0.2, 0) is 0 Å². The van der Waals surface area contributed by atoms with Gasteiger partial charge in [-0.2, -0.15) is 5.10 Å². The maximum absolute atomic E-state index is 12.2. The fourth-order valence-corrected chi connectivity index (χ4v) is 2.73.